The van der Waals surface area contributed by atoms with Gasteiger partial charge in [-0.05, 0) is 44.9 Å². The normalized spacial score (nSPS) is 21.4. The zero-order valence-electron chi connectivity index (χ0n) is 16.7. The Hall–Kier alpha value is -2.48. The number of carbonyl (C=O) groups is 3. The van der Waals surface area contributed by atoms with E-state index in [1.165, 1.54) is 0 Å². The molecule has 1 N–H and O–H groups in total. The number of rotatable bonds is 4. The molecule has 0 saturated carbocycles. The summed E-state index contributed by atoms with van der Waals surface area (Å²) in [5.74, 6) is -0.154. The molecule has 1 atom stereocenters. The molecule has 2 fully saturated rings. The Balaban J connectivity index is 1.57. The molecule has 2 aliphatic rings. The molecule has 2 amide bonds. The van der Waals surface area contributed by atoms with E-state index in [-0.39, 0.29) is 30.2 Å². The highest BCUT2D eigenvalue weighted by molar-refractivity contribution is 6.00. The second kappa shape index (κ2) is 8.26. The third-order valence-electron chi connectivity index (χ3n) is 4.88. The van der Waals surface area contributed by atoms with Gasteiger partial charge in [0.2, 0.25) is 11.8 Å². The highest BCUT2D eigenvalue weighted by Gasteiger charge is 2.29. The topological polar surface area (TPSA) is 91.8 Å². The number of aromatic nitrogens is 1. The van der Waals surface area contributed by atoms with Crippen LogP contribution in [0.15, 0.2) is 18.3 Å². The van der Waals surface area contributed by atoms with E-state index in [0.717, 1.165) is 37.6 Å². The second-order valence-corrected chi connectivity index (χ2v) is 8.30. The molecule has 1 aromatic rings. The number of amides is 2. The van der Waals surface area contributed by atoms with Crippen molar-refractivity contribution in [3.8, 4) is 0 Å². The smallest absolute Gasteiger partial charge is 0.320 e. The van der Waals surface area contributed by atoms with E-state index in [1.807, 2.05) is 32.9 Å². The molecular formula is C20H28N4O4. The van der Waals surface area contributed by atoms with Crippen molar-refractivity contribution in [1.29, 1.82) is 0 Å². The molecule has 0 bridgehead atoms. The van der Waals surface area contributed by atoms with E-state index >= 15 is 0 Å². The summed E-state index contributed by atoms with van der Waals surface area (Å²) in [6, 6.07) is 3.77. The maximum atomic E-state index is 12.1. The Morgan fingerprint density at radius 1 is 1.25 bits per heavy atom. The minimum Gasteiger partial charge on any atom is -0.459 e. The quantitative estimate of drug-likeness (QED) is 0.609. The molecule has 3 heterocycles. The Morgan fingerprint density at radius 2 is 1.96 bits per heavy atom. The number of hydrogen-bond acceptors (Lipinski definition) is 7. The van der Waals surface area contributed by atoms with Gasteiger partial charge in [-0.15, -0.1) is 0 Å². The lowest BCUT2D eigenvalue weighted by Gasteiger charge is -2.35. The first-order chi connectivity index (χ1) is 13.2. The third kappa shape index (κ3) is 5.28. The average molecular weight is 388 g/mol. The summed E-state index contributed by atoms with van der Waals surface area (Å²) in [5, 5.41) is 2.40. The molecule has 0 spiro atoms. The van der Waals surface area contributed by atoms with Crippen LogP contribution in [0.4, 0.5) is 5.82 Å². The van der Waals surface area contributed by atoms with Crippen molar-refractivity contribution in [3.05, 3.63) is 23.9 Å². The molecule has 0 aromatic carbocycles. The lowest BCUT2D eigenvalue weighted by atomic mass is 9.91. The predicted octanol–water partition coefficient (Wildman–Crippen LogP) is 1.07. The van der Waals surface area contributed by atoms with Gasteiger partial charge in [-0.3, -0.25) is 24.6 Å². The Labute approximate surface area is 165 Å². The average Bonchev–Trinajstić information content (AvgIpc) is 2.61. The minimum atomic E-state index is -0.473. The summed E-state index contributed by atoms with van der Waals surface area (Å²) in [6.07, 6.45) is 2.59. The lowest BCUT2D eigenvalue weighted by molar-refractivity contribution is -0.156. The van der Waals surface area contributed by atoms with E-state index in [4.69, 9.17) is 4.74 Å². The van der Waals surface area contributed by atoms with Crippen molar-refractivity contribution >= 4 is 23.6 Å². The number of anilines is 1. The predicted molar refractivity (Wildman–Crippen MR) is 104 cm³/mol. The number of piperazine rings is 1. The standard InChI is InChI=1S/C20H28N4O4/c1-20(2,3)28-18(26)13-23-8-10-24(11-9-23)16-12-14(6-7-21-16)15-4-5-17(25)22-19(15)27/h6-7,12,15H,4-5,8-11,13H2,1-3H3,(H,22,25,27)/t15-/m1/s1. The number of nitrogens with one attached hydrogen (secondary N) is 1. The van der Waals surface area contributed by atoms with Crippen LogP contribution in [0, 0.1) is 0 Å². The number of hydrogen-bond donors (Lipinski definition) is 1. The van der Waals surface area contributed by atoms with E-state index < -0.39 is 5.60 Å². The molecule has 8 nitrogen and oxygen atoms in total. The Kier molecular flexibility index (Phi) is 5.98. The fraction of sp³-hybridized carbons (Fsp3) is 0.600. The van der Waals surface area contributed by atoms with Crippen LogP contribution in [0.1, 0.15) is 45.1 Å². The number of piperidine rings is 1. The molecule has 0 unspecified atom stereocenters. The van der Waals surface area contributed by atoms with Gasteiger partial charge in [-0.2, -0.15) is 0 Å². The largest absolute Gasteiger partial charge is 0.459 e. The summed E-state index contributed by atoms with van der Waals surface area (Å²) in [5.41, 5.74) is 0.408. The highest BCUT2D eigenvalue weighted by atomic mass is 16.6. The monoisotopic (exact) mass is 388 g/mol. The van der Waals surface area contributed by atoms with Crippen molar-refractivity contribution in [3.63, 3.8) is 0 Å². The maximum Gasteiger partial charge on any atom is 0.320 e. The van der Waals surface area contributed by atoms with Crippen LogP contribution >= 0.6 is 0 Å². The summed E-state index contributed by atoms with van der Waals surface area (Å²) in [7, 11) is 0. The molecule has 2 saturated heterocycles. The van der Waals surface area contributed by atoms with Crippen LogP contribution < -0.4 is 10.2 Å². The molecule has 0 radical (unpaired) electrons. The summed E-state index contributed by atoms with van der Waals surface area (Å²) in [6.45, 7) is 8.85. The Morgan fingerprint density at radius 3 is 2.61 bits per heavy atom. The van der Waals surface area contributed by atoms with Gasteiger partial charge in [-0.1, -0.05) is 0 Å². The number of esters is 1. The van der Waals surface area contributed by atoms with E-state index in [2.05, 4.69) is 20.1 Å². The first kappa shape index (κ1) is 20.3. The fourth-order valence-electron chi connectivity index (χ4n) is 3.53. The first-order valence-electron chi connectivity index (χ1n) is 9.70. The van der Waals surface area contributed by atoms with Crippen LogP contribution in [-0.2, 0) is 19.1 Å². The first-order valence-corrected chi connectivity index (χ1v) is 9.70. The van der Waals surface area contributed by atoms with Gasteiger partial charge >= 0.3 is 5.97 Å². The molecule has 1 aromatic heterocycles. The van der Waals surface area contributed by atoms with Crippen molar-refractivity contribution in [2.75, 3.05) is 37.6 Å². The van der Waals surface area contributed by atoms with E-state index in [1.54, 1.807) is 6.20 Å². The van der Waals surface area contributed by atoms with Crippen molar-refractivity contribution < 1.29 is 19.1 Å². The number of imide groups is 1. The minimum absolute atomic E-state index is 0.209. The van der Waals surface area contributed by atoms with Crippen LogP contribution in [0.3, 0.4) is 0 Å². The van der Waals surface area contributed by atoms with Gasteiger partial charge in [-0.25, -0.2) is 4.98 Å². The van der Waals surface area contributed by atoms with Crippen LogP contribution in [0.2, 0.25) is 0 Å². The zero-order chi connectivity index (χ0) is 20.3. The zero-order valence-corrected chi connectivity index (χ0v) is 16.7. The van der Waals surface area contributed by atoms with E-state index in [0.29, 0.717) is 12.8 Å². The molecule has 8 heteroatoms. The SMILES string of the molecule is CC(C)(C)OC(=O)CN1CCN(c2cc([C@H]3CCC(=O)NC3=O)ccn2)CC1. The van der Waals surface area contributed by atoms with Crippen LogP contribution in [0.5, 0.6) is 0 Å². The number of carbonyl (C=O) groups excluding carboxylic acids is 3. The van der Waals surface area contributed by atoms with Crippen molar-refractivity contribution in [2.24, 2.45) is 0 Å². The van der Waals surface area contributed by atoms with Gasteiger partial charge in [0.15, 0.2) is 0 Å². The van der Waals surface area contributed by atoms with Gasteiger partial charge < -0.3 is 9.64 Å². The van der Waals surface area contributed by atoms with Gasteiger partial charge in [0, 0.05) is 38.8 Å². The van der Waals surface area contributed by atoms with Crippen LogP contribution in [-0.4, -0.2) is 66.0 Å². The molecule has 3 rings (SSSR count). The van der Waals surface area contributed by atoms with Crippen molar-refractivity contribution in [1.82, 2.24) is 15.2 Å². The number of nitrogens with zero attached hydrogens (tertiary/aromatic N) is 3. The molecule has 0 aliphatic carbocycles. The van der Waals surface area contributed by atoms with Crippen LogP contribution in [0.25, 0.3) is 0 Å². The van der Waals surface area contributed by atoms with Crippen molar-refractivity contribution in [2.45, 2.75) is 45.1 Å². The van der Waals surface area contributed by atoms with Gasteiger partial charge in [0.25, 0.3) is 0 Å². The molecule has 2 aliphatic heterocycles. The highest BCUT2D eigenvalue weighted by Crippen LogP contribution is 2.27. The summed E-state index contributed by atoms with van der Waals surface area (Å²) in [4.78, 5) is 44.2. The van der Waals surface area contributed by atoms with E-state index in [9.17, 15) is 14.4 Å². The second-order valence-electron chi connectivity index (χ2n) is 8.30. The number of pyridine rings is 1. The molecular weight excluding hydrogens is 360 g/mol. The lowest BCUT2D eigenvalue weighted by Crippen LogP contribution is -2.49. The molecule has 28 heavy (non-hydrogen) atoms. The van der Waals surface area contributed by atoms with Gasteiger partial charge in [0.05, 0.1) is 12.5 Å². The third-order valence-corrected chi connectivity index (χ3v) is 4.88. The van der Waals surface area contributed by atoms with Gasteiger partial charge in [0.1, 0.15) is 11.4 Å². The Bertz CT molecular complexity index is 751. The number of ether oxygens (including phenoxy) is 1. The molecule has 152 valence electrons. The summed E-state index contributed by atoms with van der Waals surface area (Å²) < 4.78 is 5.38. The fourth-order valence-corrected chi connectivity index (χ4v) is 3.53. The summed E-state index contributed by atoms with van der Waals surface area (Å²) >= 11 is 0. The maximum absolute atomic E-state index is 12.1.